The Kier molecular flexibility index (Phi) is 4.81. The number of alkyl halides is 3. The zero-order valence-electron chi connectivity index (χ0n) is 16.0. The van der Waals surface area contributed by atoms with Gasteiger partial charge in [0.1, 0.15) is 5.56 Å². The van der Waals surface area contributed by atoms with E-state index in [-0.39, 0.29) is 22.3 Å². The first kappa shape index (κ1) is 21.9. The summed E-state index contributed by atoms with van der Waals surface area (Å²) in [4.78, 5) is 0.00140. The van der Waals surface area contributed by atoms with Crippen molar-refractivity contribution in [2.45, 2.75) is 36.8 Å². The Labute approximate surface area is 173 Å². The van der Waals surface area contributed by atoms with Crippen molar-refractivity contribution < 1.29 is 39.2 Å². The Morgan fingerprint density at radius 1 is 0.806 bits per heavy atom. The third kappa shape index (κ3) is 3.64. The third-order valence-corrected chi connectivity index (χ3v) is 7.03. The molecule has 31 heavy (non-hydrogen) atoms. The van der Waals surface area contributed by atoms with E-state index < -0.39 is 50.4 Å². The maximum atomic E-state index is 14.7. The van der Waals surface area contributed by atoms with Gasteiger partial charge in [-0.2, -0.15) is 13.2 Å². The highest BCUT2D eigenvalue weighted by Crippen LogP contribution is 2.64. The van der Waals surface area contributed by atoms with Crippen LogP contribution >= 0.6 is 0 Å². The van der Waals surface area contributed by atoms with E-state index in [4.69, 9.17) is 0 Å². The molecule has 0 unspecified atom stereocenters. The summed E-state index contributed by atoms with van der Waals surface area (Å²) in [6.45, 7) is 0. The number of sulfone groups is 1. The van der Waals surface area contributed by atoms with E-state index >= 15 is 0 Å². The number of hydrogen-bond acceptors (Lipinski definition) is 2. The summed E-state index contributed by atoms with van der Waals surface area (Å²) in [6, 6.07) is 5.38. The van der Waals surface area contributed by atoms with Gasteiger partial charge in [0, 0.05) is 6.26 Å². The predicted molar refractivity (Wildman–Crippen MR) is 98.5 cm³/mol. The zero-order chi connectivity index (χ0) is 22.9. The molecule has 0 bridgehead atoms. The molecule has 1 fully saturated rings. The molecule has 0 aliphatic heterocycles. The van der Waals surface area contributed by atoms with Crippen molar-refractivity contribution >= 4 is 21.0 Å². The van der Waals surface area contributed by atoms with Crippen molar-refractivity contribution in [3.63, 3.8) is 0 Å². The molecule has 2 aliphatic rings. The number of rotatable bonds is 3. The minimum atomic E-state index is -5.61. The quantitative estimate of drug-likeness (QED) is 0.403. The fraction of sp³-hybridized carbons (Fsp3) is 0.333. The van der Waals surface area contributed by atoms with Crippen LogP contribution in [0.2, 0.25) is 0 Å². The van der Waals surface area contributed by atoms with E-state index in [0.717, 1.165) is 6.26 Å². The highest BCUT2D eigenvalue weighted by atomic mass is 32.2. The van der Waals surface area contributed by atoms with Gasteiger partial charge in [-0.15, -0.1) is 0 Å². The number of benzene rings is 2. The van der Waals surface area contributed by atoms with Crippen LogP contribution in [0.4, 0.5) is 30.7 Å². The van der Waals surface area contributed by atoms with Gasteiger partial charge in [-0.25, -0.2) is 26.0 Å². The van der Waals surface area contributed by atoms with Crippen LogP contribution in [0.1, 0.15) is 42.4 Å². The van der Waals surface area contributed by atoms with Crippen molar-refractivity contribution in [1.82, 2.24) is 0 Å². The van der Waals surface area contributed by atoms with Crippen LogP contribution in [-0.2, 0) is 16.0 Å². The Morgan fingerprint density at radius 3 is 1.71 bits per heavy atom. The van der Waals surface area contributed by atoms with E-state index in [9.17, 15) is 39.2 Å². The van der Waals surface area contributed by atoms with Gasteiger partial charge in [0.25, 0.3) is 0 Å². The molecule has 2 nitrogen and oxygen atoms in total. The Hall–Kier alpha value is -2.36. The minimum absolute atomic E-state index is 0.00140. The highest BCUT2D eigenvalue weighted by Gasteiger charge is 2.50. The van der Waals surface area contributed by atoms with Crippen molar-refractivity contribution in [3.05, 3.63) is 64.2 Å². The molecular weight excluding hydrogens is 449 g/mol. The summed E-state index contributed by atoms with van der Waals surface area (Å²) in [6.07, 6.45) is -2.87. The molecule has 0 aromatic heterocycles. The number of allylic oxidation sites excluding steroid dienone is 2. The fourth-order valence-electron chi connectivity index (χ4n) is 4.12. The number of hydrogen-bond donors (Lipinski definition) is 0. The topological polar surface area (TPSA) is 34.1 Å². The minimum Gasteiger partial charge on any atom is -0.224 e. The zero-order valence-corrected chi connectivity index (χ0v) is 16.8. The second-order valence-corrected chi connectivity index (χ2v) is 10.1. The van der Waals surface area contributed by atoms with Crippen molar-refractivity contribution in [3.8, 4) is 0 Å². The van der Waals surface area contributed by atoms with Crippen LogP contribution in [0.15, 0.2) is 29.2 Å². The van der Waals surface area contributed by atoms with Gasteiger partial charge in [0.15, 0.2) is 33.1 Å². The summed E-state index contributed by atoms with van der Waals surface area (Å²) in [5.41, 5.74) is -3.51. The average Bonchev–Trinajstić information content (AvgIpc) is 3.31. The van der Waals surface area contributed by atoms with Crippen LogP contribution in [-0.4, -0.2) is 14.7 Å². The molecule has 0 radical (unpaired) electrons. The van der Waals surface area contributed by atoms with E-state index in [1.807, 2.05) is 0 Å². The van der Waals surface area contributed by atoms with Crippen LogP contribution in [0.3, 0.4) is 0 Å². The smallest absolute Gasteiger partial charge is 0.224 e. The molecule has 0 amide bonds. The first-order valence-electron chi connectivity index (χ1n) is 9.21. The van der Waals surface area contributed by atoms with E-state index in [2.05, 4.69) is 0 Å². The van der Waals surface area contributed by atoms with Gasteiger partial charge in [-0.3, -0.25) is 0 Å². The average molecular weight is 464 g/mol. The second-order valence-electron chi connectivity index (χ2n) is 8.11. The normalized spacial score (nSPS) is 18.2. The maximum absolute atomic E-state index is 14.7. The second kappa shape index (κ2) is 6.82. The molecule has 0 heterocycles. The molecule has 2 aromatic rings. The van der Waals surface area contributed by atoms with E-state index in [0.29, 0.717) is 30.4 Å². The van der Waals surface area contributed by atoms with Crippen molar-refractivity contribution in [2.24, 2.45) is 5.41 Å². The Balaban J connectivity index is 1.93. The van der Waals surface area contributed by atoms with Gasteiger partial charge in [0.2, 0.25) is 0 Å². The van der Waals surface area contributed by atoms with Crippen molar-refractivity contribution in [1.29, 1.82) is 0 Å². The first-order chi connectivity index (χ1) is 14.3. The van der Waals surface area contributed by atoms with E-state index in [1.165, 1.54) is 24.3 Å². The van der Waals surface area contributed by atoms with Gasteiger partial charge in [-0.1, -0.05) is 12.1 Å². The molecule has 10 heteroatoms. The fourth-order valence-corrected chi connectivity index (χ4v) is 4.75. The SMILES string of the molecule is CS(=O)(=O)c1ccc(C2=C(c3c(F)c(F)c(C(F)(F)F)c(F)c3F)CC3(CC3)C2)cc1. The molecule has 0 saturated heterocycles. The lowest BCUT2D eigenvalue weighted by atomic mass is 9.94. The van der Waals surface area contributed by atoms with Crippen LogP contribution in [0, 0.1) is 28.7 Å². The first-order valence-corrected chi connectivity index (χ1v) is 11.1. The lowest BCUT2D eigenvalue weighted by Crippen LogP contribution is -2.17. The monoisotopic (exact) mass is 464 g/mol. The molecule has 4 rings (SSSR count). The lowest BCUT2D eigenvalue weighted by molar-refractivity contribution is -0.143. The van der Waals surface area contributed by atoms with Gasteiger partial charge < -0.3 is 0 Å². The van der Waals surface area contributed by atoms with Gasteiger partial charge >= 0.3 is 6.18 Å². The Bertz CT molecular complexity index is 1190. The summed E-state index contributed by atoms with van der Waals surface area (Å²) >= 11 is 0. The van der Waals surface area contributed by atoms with Crippen LogP contribution in [0.5, 0.6) is 0 Å². The molecule has 0 N–H and O–H groups in total. The largest absolute Gasteiger partial charge is 0.422 e. The Morgan fingerprint density at radius 2 is 1.29 bits per heavy atom. The summed E-state index contributed by atoms with van der Waals surface area (Å²) in [5.74, 6) is -9.16. The molecular formula is C21H15F7O2S. The van der Waals surface area contributed by atoms with Gasteiger partial charge in [0.05, 0.1) is 10.5 Å². The lowest BCUT2D eigenvalue weighted by Gasteiger charge is -2.16. The van der Waals surface area contributed by atoms with E-state index in [1.54, 1.807) is 0 Å². The predicted octanol–water partition coefficient (Wildman–Crippen LogP) is 6.15. The summed E-state index contributed by atoms with van der Waals surface area (Å²) in [7, 11) is -3.50. The highest BCUT2D eigenvalue weighted by molar-refractivity contribution is 7.90. The maximum Gasteiger partial charge on any atom is 0.422 e. The van der Waals surface area contributed by atoms with Crippen molar-refractivity contribution in [2.75, 3.05) is 6.26 Å². The third-order valence-electron chi connectivity index (χ3n) is 5.90. The van der Waals surface area contributed by atoms with Gasteiger partial charge in [-0.05, 0) is 59.9 Å². The molecule has 2 aromatic carbocycles. The van der Waals surface area contributed by atoms with Crippen LogP contribution < -0.4 is 0 Å². The standard InChI is InChI=1S/C21H15F7O2S/c1-31(29,30)11-4-2-10(3-5-11)12-8-20(6-7-20)9-13(12)14-16(22)18(24)15(21(26,27)28)19(25)17(14)23/h2-5H,6-9H2,1H3. The molecule has 1 spiro atoms. The molecule has 2 aliphatic carbocycles. The molecule has 166 valence electrons. The molecule has 1 saturated carbocycles. The summed E-state index contributed by atoms with van der Waals surface area (Å²) in [5, 5.41) is 0. The van der Waals surface area contributed by atoms with Crippen LogP contribution in [0.25, 0.3) is 11.1 Å². The number of halogens is 7. The summed E-state index contributed by atoms with van der Waals surface area (Å²) < 4.78 is 120. The molecule has 0 atom stereocenters.